The molecule has 1 saturated heterocycles. The van der Waals surface area contributed by atoms with Crippen LogP contribution in [-0.2, 0) is 16.8 Å². The third-order valence-corrected chi connectivity index (χ3v) is 5.56. The fourth-order valence-electron chi connectivity index (χ4n) is 4.43. The van der Waals surface area contributed by atoms with Crippen LogP contribution in [0.2, 0.25) is 0 Å². The minimum Gasteiger partial charge on any atom is -0.493 e. The number of methoxy groups -OCH3 is 2. The summed E-state index contributed by atoms with van der Waals surface area (Å²) in [5.41, 5.74) is 1.95. The first-order valence-electron chi connectivity index (χ1n) is 8.14. The van der Waals surface area contributed by atoms with Crippen LogP contribution in [0.3, 0.4) is 0 Å². The summed E-state index contributed by atoms with van der Waals surface area (Å²) in [5.74, 6) is 0.825. The minimum absolute atomic E-state index is 0.222. The number of amides is 3. The molecule has 2 N–H and O–H groups in total. The van der Waals surface area contributed by atoms with Crippen molar-refractivity contribution in [3.8, 4) is 11.5 Å². The van der Waals surface area contributed by atoms with E-state index in [0.717, 1.165) is 30.5 Å². The molecule has 2 atom stereocenters. The summed E-state index contributed by atoms with van der Waals surface area (Å²) in [6, 6.07) is 1.77. The molecule has 1 aliphatic carbocycles. The van der Waals surface area contributed by atoms with Crippen LogP contribution in [0.1, 0.15) is 35.6 Å². The number of likely N-dealkylation sites (N-methyl/N-ethyl adjacent to an activating group) is 1. The third-order valence-electron chi connectivity index (χ3n) is 5.56. The van der Waals surface area contributed by atoms with Crippen LogP contribution in [0, 0.1) is 0 Å². The SMILES string of the molecule is COc1cc2c3c(c1OC)C1(CCC3N(C)CC2)NC(=O)NC1=O. The predicted octanol–water partition coefficient (Wildman–Crippen LogP) is 1.06. The standard InChI is InChI=1S/C17H21N3O4/c1-20-7-5-9-8-11(23-2)14(24-3)13-12(9)10(20)4-6-17(13)15(21)18-16(22)19-17/h8,10H,4-7H2,1-3H3,(H2,18,19,21,22). The number of carbonyl (C=O) groups is 2. The van der Waals surface area contributed by atoms with E-state index in [1.54, 1.807) is 14.2 Å². The normalized spacial score (nSPS) is 28.4. The molecule has 3 amide bonds. The van der Waals surface area contributed by atoms with Crippen molar-refractivity contribution in [3.63, 3.8) is 0 Å². The van der Waals surface area contributed by atoms with Crippen molar-refractivity contribution in [1.29, 1.82) is 0 Å². The van der Waals surface area contributed by atoms with E-state index in [4.69, 9.17) is 9.47 Å². The van der Waals surface area contributed by atoms with Gasteiger partial charge in [-0.1, -0.05) is 0 Å². The maximum absolute atomic E-state index is 12.7. The van der Waals surface area contributed by atoms with Crippen molar-refractivity contribution >= 4 is 11.9 Å². The zero-order chi connectivity index (χ0) is 17.1. The third kappa shape index (κ3) is 1.81. The van der Waals surface area contributed by atoms with Gasteiger partial charge in [-0.15, -0.1) is 0 Å². The number of urea groups is 1. The molecule has 1 fully saturated rings. The van der Waals surface area contributed by atoms with Gasteiger partial charge in [-0.3, -0.25) is 15.0 Å². The highest BCUT2D eigenvalue weighted by molar-refractivity contribution is 6.08. The fourth-order valence-corrected chi connectivity index (χ4v) is 4.43. The van der Waals surface area contributed by atoms with Gasteiger partial charge in [0.15, 0.2) is 17.0 Å². The summed E-state index contributed by atoms with van der Waals surface area (Å²) in [6.07, 6.45) is 2.22. The van der Waals surface area contributed by atoms with E-state index in [1.165, 1.54) is 5.56 Å². The largest absolute Gasteiger partial charge is 0.493 e. The number of carbonyl (C=O) groups excluding carboxylic acids is 2. The van der Waals surface area contributed by atoms with Crippen LogP contribution in [0.5, 0.6) is 11.5 Å². The van der Waals surface area contributed by atoms with E-state index in [0.29, 0.717) is 17.9 Å². The quantitative estimate of drug-likeness (QED) is 0.792. The Kier molecular flexibility index (Phi) is 3.25. The maximum atomic E-state index is 12.7. The summed E-state index contributed by atoms with van der Waals surface area (Å²) in [4.78, 5) is 26.9. The molecule has 24 heavy (non-hydrogen) atoms. The van der Waals surface area contributed by atoms with Crippen LogP contribution >= 0.6 is 0 Å². The summed E-state index contributed by atoms with van der Waals surface area (Å²) in [7, 11) is 5.25. The molecule has 4 rings (SSSR count). The van der Waals surface area contributed by atoms with E-state index in [-0.39, 0.29) is 11.9 Å². The van der Waals surface area contributed by atoms with Crippen molar-refractivity contribution in [2.45, 2.75) is 30.8 Å². The first-order valence-corrected chi connectivity index (χ1v) is 8.14. The van der Waals surface area contributed by atoms with Crippen molar-refractivity contribution in [1.82, 2.24) is 15.5 Å². The van der Waals surface area contributed by atoms with Gasteiger partial charge in [0.25, 0.3) is 5.91 Å². The van der Waals surface area contributed by atoms with Crippen molar-refractivity contribution in [3.05, 3.63) is 22.8 Å². The fraction of sp³-hybridized carbons (Fsp3) is 0.529. The Hall–Kier alpha value is -2.28. The number of ether oxygens (including phenoxy) is 2. The lowest BCUT2D eigenvalue weighted by Crippen LogP contribution is -2.50. The molecule has 0 aromatic heterocycles. The van der Waals surface area contributed by atoms with Gasteiger partial charge in [-0.2, -0.15) is 0 Å². The molecule has 1 aromatic carbocycles. The number of fused-ring (bicyclic) bond motifs is 1. The summed E-state index contributed by atoms with van der Waals surface area (Å²) in [5, 5.41) is 5.25. The highest BCUT2D eigenvalue weighted by Crippen LogP contribution is 2.53. The van der Waals surface area contributed by atoms with Crippen molar-refractivity contribution < 1.29 is 19.1 Å². The first kappa shape index (κ1) is 15.3. The summed E-state index contributed by atoms with van der Waals surface area (Å²) in [6.45, 7) is 0.956. The van der Waals surface area contributed by atoms with Crippen LogP contribution < -0.4 is 20.1 Å². The first-order chi connectivity index (χ1) is 11.5. The Balaban J connectivity index is 2.05. The molecule has 2 heterocycles. The zero-order valence-corrected chi connectivity index (χ0v) is 14.1. The maximum Gasteiger partial charge on any atom is 0.322 e. The summed E-state index contributed by atoms with van der Waals surface area (Å²) < 4.78 is 11.2. The van der Waals surface area contributed by atoms with E-state index < -0.39 is 11.6 Å². The van der Waals surface area contributed by atoms with Crippen LogP contribution in [0.15, 0.2) is 6.07 Å². The van der Waals surface area contributed by atoms with E-state index in [9.17, 15) is 9.59 Å². The van der Waals surface area contributed by atoms with Gasteiger partial charge in [0.05, 0.1) is 14.2 Å². The van der Waals surface area contributed by atoms with E-state index in [2.05, 4.69) is 22.6 Å². The molecule has 0 saturated carbocycles. The Morgan fingerprint density at radius 3 is 2.71 bits per heavy atom. The monoisotopic (exact) mass is 331 g/mol. The van der Waals surface area contributed by atoms with Crippen LogP contribution in [-0.4, -0.2) is 44.7 Å². The molecular formula is C17H21N3O4. The average molecular weight is 331 g/mol. The number of imide groups is 1. The molecule has 7 nitrogen and oxygen atoms in total. The number of hydrogen-bond acceptors (Lipinski definition) is 5. The molecule has 1 spiro atoms. The van der Waals surface area contributed by atoms with E-state index in [1.807, 2.05) is 6.07 Å². The topological polar surface area (TPSA) is 79.9 Å². The highest BCUT2D eigenvalue weighted by Gasteiger charge is 2.55. The van der Waals surface area contributed by atoms with Gasteiger partial charge in [0.1, 0.15) is 0 Å². The van der Waals surface area contributed by atoms with E-state index >= 15 is 0 Å². The Bertz CT molecular complexity index is 748. The Morgan fingerprint density at radius 2 is 2.08 bits per heavy atom. The smallest absolute Gasteiger partial charge is 0.322 e. The lowest BCUT2D eigenvalue weighted by molar-refractivity contribution is -0.125. The number of rotatable bonds is 2. The van der Waals surface area contributed by atoms with Crippen molar-refractivity contribution in [2.75, 3.05) is 27.8 Å². The number of nitrogens with zero attached hydrogens (tertiary/aromatic N) is 1. The number of hydrogen-bond donors (Lipinski definition) is 2. The molecule has 128 valence electrons. The predicted molar refractivity (Wildman–Crippen MR) is 86.2 cm³/mol. The molecule has 2 unspecified atom stereocenters. The van der Waals surface area contributed by atoms with Gasteiger partial charge >= 0.3 is 6.03 Å². The van der Waals surface area contributed by atoms with Crippen LogP contribution in [0.25, 0.3) is 0 Å². The van der Waals surface area contributed by atoms with Gasteiger partial charge < -0.3 is 14.8 Å². The second-order valence-corrected chi connectivity index (χ2v) is 6.66. The molecule has 7 heteroatoms. The minimum atomic E-state index is -1.07. The van der Waals surface area contributed by atoms with Gasteiger partial charge in [-0.25, -0.2) is 4.79 Å². The van der Waals surface area contributed by atoms with Crippen molar-refractivity contribution in [2.24, 2.45) is 0 Å². The lowest BCUT2D eigenvalue weighted by Gasteiger charge is -2.45. The highest BCUT2D eigenvalue weighted by atomic mass is 16.5. The molecular weight excluding hydrogens is 310 g/mol. The number of benzene rings is 1. The zero-order valence-electron chi connectivity index (χ0n) is 14.1. The van der Waals surface area contributed by atoms with Gasteiger partial charge in [0, 0.05) is 18.2 Å². The van der Waals surface area contributed by atoms with Gasteiger partial charge in [0.2, 0.25) is 0 Å². The molecule has 3 aliphatic rings. The Labute approximate surface area is 140 Å². The summed E-state index contributed by atoms with van der Waals surface area (Å²) >= 11 is 0. The molecule has 0 bridgehead atoms. The average Bonchev–Trinajstić information content (AvgIpc) is 2.85. The van der Waals surface area contributed by atoms with Gasteiger partial charge in [-0.05, 0) is 43.5 Å². The number of nitrogens with one attached hydrogen (secondary N) is 2. The molecule has 0 radical (unpaired) electrons. The Morgan fingerprint density at radius 1 is 1.29 bits per heavy atom. The molecule has 1 aromatic rings. The van der Waals surface area contributed by atoms with Crippen LogP contribution in [0.4, 0.5) is 4.79 Å². The second kappa shape index (κ2) is 5.11. The lowest BCUT2D eigenvalue weighted by atomic mass is 9.70. The second-order valence-electron chi connectivity index (χ2n) is 6.66. The molecule has 2 aliphatic heterocycles.